The van der Waals surface area contributed by atoms with Crippen molar-refractivity contribution in [2.24, 2.45) is 0 Å². The molecule has 0 unspecified atom stereocenters. The van der Waals surface area contributed by atoms with E-state index in [-0.39, 0.29) is 0 Å². The van der Waals surface area contributed by atoms with Crippen LogP contribution in [0, 0.1) is 11.5 Å². The molecule has 1 aromatic carbocycles. The Morgan fingerprint density at radius 3 is 2.93 bits per heavy atom. The van der Waals surface area contributed by atoms with Crippen LogP contribution in [0.3, 0.4) is 0 Å². The summed E-state index contributed by atoms with van der Waals surface area (Å²) in [5.74, 6) is -0.0519. The largest absolute Gasteiger partial charge is 0.496 e. The summed E-state index contributed by atoms with van der Waals surface area (Å²) in [6, 6.07) is 4.94. The molecule has 1 amide bonds. The van der Waals surface area contributed by atoms with Crippen LogP contribution >= 0.6 is 15.9 Å². The molecule has 1 N–H and O–H groups in total. The molecule has 72 valence electrons. The lowest BCUT2D eigenvalue weighted by molar-refractivity contribution is 0.0970. The first-order valence-corrected chi connectivity index (χ1v) is 4.51. The van der Waals surface area contributed by atoms with Crippen molar-refractivity contribution in [3.63, 3.8) is 0 Å². The topological polar surface area (TPSA) is 62.1 Å². The number of nitriles is 1. The molecule has 14 heavy (non-hydrogen) atoms. The van der Waals surface area contributed by atoms with Crippen LogP contribution in [-0.4, -0.2) is 13.0 Å². The fraction of sp³-hybridized carbons (Fsp3) is 0.111. The van der Waals surface area contributed by atoms with Gasteiger partial charge in [-0.2, -0.15) is 5.26 Å². The minimum atomic E-state index is -0.475. The van der Waals surface area contributed by atoms with Crippen LogP contribution in [0.5, 0.6) is 5.75 Å². The summed E-state index contributed by atoms with van der Waals surface area (Å²) in [4.78, 5) is 11.3. The molecule has 0 aliphatic rings. The van der Waals surface area contributed by atoms with Crippen molar-refractivity contribution in [1.82, 2.24) is 5.32 Å². The zero-order valence-electron chi connectivity index (χ0n) is 7.37. The Hall–Kier alpha value is -1.54. The number of carbonyl (C=O) groups excluding carboxylic acids is 1. The van der Waals surface area contributed by atoms with Crippen LogP contribution in [-0.2, 0) is 0 Å². The van der Waals surface area contributed by atoms with Crippen LogP contribution in [0.1, 0.15) is 10.4 Å². The van der Waals surface area contributed by atoms with E-state index < -0.39 is 5.91 Å². The van der Waals surface area contributed by atoms with Crippen LogP contribution in [0.15, 0.2) is 22.7 Å². The summed E-state index contributed by atoms with van der Waals surface area (Å²) < 4.78 is 5.80. The first kappa shape index (κ1) is 10.5. The smallest absolute Gasteiger partial charge is 0.268 e. The Morgan fingerprint density at radius 1 is 1.64 bits per heavy atom. The third-order valence-corrected chi connectivity index (χ3v) is 2.07. The number of carbonyl (C=O) groups is 1. The first-order valence-electron chi connectivity index (χ1n) is 3.72. The van der Waals surface area contributed by atoms with Gasteiger partial charge in [-0.15, -0.1) is 0 Å². The average Bonchev–Trinajstić information content (AvgIpc) is 2.17. The van der Waals surface area contributed by atoms with Crippen molar-refractivity contribution in [2.75, 3.05) is 7.11 Å². The van der Waals surface area contributed by atoms with Gasteiger partial charge in [0.25, 0.3) is 5.91 Å². The van der Waals surface area contributed by atoms with Gasteiger partial charge in [0.05, 0.1) is 12.7 Å². The number of ether oxygens (including phenoxy) is 1. The van der Waals surface area contributed by atoms with E-state index in [9.17, 15) is 4.79 Å². The van der Waals surface area contributed by atoms with E-state index >= 15 is 0 Å². The second-order valence-corrected chi connectivity index (χ2v) is 3.33. The number of rotatable bonds is 2. The van der Waals surface area contributed by atoms with E-state index in [4.69, 9.17) is 10.00 Å². The number of halogens is 1. The van der Waals surface area contributed by atoms with E-state index in [0.717, 1.165) is 4.47 Å². The number of benzene rings is 1. The Bertz CT molecular complexity index is 398. The maximum Gasteiger partial charge on any atom is 0.268 e. The van der Waals surface area contributed by atoms with Crippen molar-refractivity contribution in [2.45, 2.75) is 0 Å². The monoisotopic (exact) mass is 254 g/mol. The predicted molar refractivity (Wildman–Crippen MR) is 53.8 cm³/mol. The molecule has 0 aliphatic heterocycles. The first-order chi connectivity index (χ1) is 6.69. The summed E-state index contributed by atoms with van der Waals surface area (Å²) in [6.45, 7) is 0. The van der Waals surface area contributed by atoms with Crippen molar-refractivity contribution < 1.29 is 9.53 Å². The molecule has 0 bridgehead atoms. The Kier molecular flexibility index (Phi) is 3.48. The molecule has 0 heterocycles. The highest BCUT2D eigenvalue weighted by atomic mass is 79.9. The van der Waals surface area contributed by atoms with Gasteiger partial charge in [0.15, 0.2) is 6.19 Å². The third-order valence-electron chi connectivity index (χ3n) is 1.58. The average molecular weight is 255 g/mol. The van der Waals surface area contributed by atoms with E-state index in [1.807, 2.05) is 5.32 Å². The zero-order valence-corrected chi connectivity index (χ0v) is 8.96. The summed E-state index contributed by atoms with van der Waals surface area (Å²) in [6.07, 6.45) is 1.57. The van der Waals surface area contributed by atoms with Gasteiger partial charge in [-0.3, -0.25) is 10.1 Å². The van der Waals surface area contributed by atoms with Gasteiger partial charge < -0.3 is 4.74 Å². The highest BCUT2D eigenvalue weighted by Gasteiger charge is 2.11. The third kappa shape index (κ3) is 2.24. The fourth-order valence-electron chi connectivity index (χ4n) is 0.971. The Labute approximate surface area is 89.6 Å². The normalized spacial score (nSPS) is 8.93. The molecule has 0 radical (unpaired) electrons. The number of hydrogen-bond donors (Lipinski definition) is 1. The highest BCUT2D eigenvalue weighted by Crippen LogP contribution is 2.23. The molecule has 0 aromatic heterocycles. The quantitative estimate of drug-likeness (QED) is 0.645. The minimum Gasteiger partial charge on any atom is -0.496 e. The molecule has 1 aromatic rings. The number of hydrogen-bond acceptors (Lipinski definition) is 3. The molecular formula is C9H7BrN2O2. The molecule has 1 rings (SSSR count). The second kappa shape index (κ2) is 4.63. The van der Waals surface area contributed by atoms with Crippen LogP contribution in [0.4, 0.5) is 0 Å². The SMILES string of the molecule is COc1cc(Br)ccc1C(=O)NC#N. The van der Waals surface area contributed by atoms with Crippen molar-refractivity contribution in [3.8, 4) is 11.9 Å². The maximum atomic E-state index is 11.3. The summed E-state index contributed by atoms with van der Waals surface area (Å²) in [5, 5.41) is 10.3. The van der Waals surface area contributed by atoms with Crippen LogP contribution in [0.2, 0.25) is 0 Å². The molecule has 0 saturated heterocycles. The maximum absolute atomic E-state index is 11.3. The summed E-state index contributed by atoms with van der Waals surface area (Å²) in [7, 11) is 1.46. The lowest BCUT2D eigenvalue weighted by Gasteiger charge is -2.06. The van der Waals surface area contributed by atoms with Gasteiger partial charge in [0, 0.05) is 4.47 Å². The molecule has 4 nitrogen and oxygen atoms in total. The van der Waals surface area contributed by atoms with Gasteiger partial charge >= 0.3 is 0 Å². The standard InChI is InChI=1S/C9H7BrN2O2/c1-14-8-4-6(10)2-3-7(8)9(13)12-5-11/h2-4H,1H3,(H,12,13). The molecular weight excluding hydrogens is 248 g/mol. The van der Waals surface area contributed by atoms with Gasteiger partial charge in [-0.05, 0) is 18.2 Å². The number of nitrogens with one attached hydrogen (secondary N) is 1. The lowest BCUT2D eigenvalue weighted by Crippen LogP contribution is -2.18. The minimum absolute atomic E-state index is 0.331. The molecule has 0 saturated carbocycles. The Balaban J connectivity index is 3.09. The molecule has 0 fully saturated rings. The molecule has 0 aliphatic carbocycles. The van der Waals surface area contributed by atoms with E-state index in [2.05, 4.69) is 15.9 Å². The molecule has 0 atom stereocenters. The van der Waals surface area contributed by atoms with Gasteiger partial charge in [0.1, 0.15) is 5.75 Å². The zero-order chi connectivity index (χ0) is 10.6. The van der Waals surface area contributed by atoms with Gasteiger partial charge in [-0.25, -0.2) is 0 Å². The lowest BCUT2D eigenvalue weighted by atomic mass is 10.2. The van der Waals surface area contributed by atoms with Crippen molar-refractivity contribution in [3.05, 3.63) is 28.2 Å². The van der Waals surface area contributed by atoms with Crippen molar-refractivity contribution >= 4 is 21.8 Å². The van der Waals surface area contributed by atoms with E-state index in [1.54, 1.807) is 24.4 Å². The second-order valence-electron chi connectivity index (χ2n) is 2.41. The number of amides is 1. The van der Waals surface area contributed by atoms with Gasteiger partial charge in [0.2, 0.25) is 0 Å². The number of methoxy groups -OCH3 is 1. The van der Waals surface area contributed by atoms with Gasteiger partial charge in [-0.1, -0.05) is 15.9 Å². The molecule has 0 spiro atoms. The van der Waals surface area contributed by atoms with Crippen molar-refractivity contribution in [1.29, 1.82) is 5.26 Å². The van der Waals surface area contributed by atoms with E-state index in [1.165, 1.54) is 7.11 Å². The van der Waals surface area contributed by atoms with Crippen LogP contribution in [0.25, 0.3) is 0 Å². The Morgan fingerprint density at radius 2 is 2.36 bits per heavy atom. The summed E-state index contributed by atoms with van der Waals surface area (Å²) >= 11 is 3.25. The summed E-state index contributed by atoms with van der Waals surface area (Å²) in [5.41, 5.74) is 0.331. The number of nitrogens with zero attached hydrogens (tertiary/aromatic N) is 1. The predicted octanol–water partition coefficient (Wildman–Crippen LogP) is 1.67. The fourth-order valence-corrected chi connectivity index (χ4v) is 1.31. The highest BCUT2D eigenvalue weighted by molar-refractivity contribution is 9.10. The van der Waals surface area contributed by atoms with Crippen LogP contribution < -0.4 is 10.1 Å². The molecule has 5 heteroatoms. The van der Waals surface area contributed by atoms with E-state index in [0.29, 0.717) is 11.3 Å².